The lowest BCUT2D eigenvalue weighted by atomic mass is 10.2. The normalized spacial score (nSPS) is 20.4. The highest BCUT2D eigenvalue weighted by molar-refractivity contribution is 5.11. The summed E-state index contributed by atoms with van der Waals surface area (Å²) in [4.78, 5) is 0. The second kappa shape index (κ2) is 6.02. The van der Waals surface area contributed by atoms with Gasteiger partial charge in [0, 0.05) is 12.6 Å². The summed E-state index contributed by atoms with van der Waals surface area (Å²) in [5.41, 5.74) is 1.42. The maximum atomic E-state index is 3.57. The molecule has 1 aliphatic rings. The third-order valence-corrected chi connectivity index (χ3v) is 2.78. The molecule has 1 aliphatic carbocycles. The molecule has 0 aliphatic heterocycles. The molecule has 1 nitrogen and oxygen atoms in total. The van der Waals surface area contributed by atoms with Crippen LogP contribution in [-0.4, -0.2) is 12.6 Å². The Bertz CT molecular complexity index is 211. The molecule has 0 radical (unpaired) electrons. The van der Waals surface area contributed by atoms with Crippen LogP contribution in [0.3, 0.4) is 0 Å². The Labute approximate surface area is 88.3 Å². The van der Waals surface area contributed by atoms with Crippen LogP contribution in [0.2, 0.25) is 0 Å². The molecule has 1 rings (SSSR count). The van der Waals surface area contributed by atoms with Gasteiger partial charge in [-0.2, -0.15) is 0 Å². The summed E-state index contributed by atoms with van der Waals surface area (Å²) in [6.07, 6.45) is 10.5. The number of rotatable bonds is 6. The first-order chi connectivity index (χ1) is 6.74. The minimum atomic E-state index is 0.702. The van der Waals surface area contributed by atoms with E-state index in [1.807, 2.05) is 0 Å². The molecule has 80 valence electrons. The lowest BCUT2D eigenvalue weighted by Crippen LogP contribution is -2.29. The van der Waals surface area contributed by atoms with Crippen LogP contribution in [0.25, 0.3) is 0 Å². The van der Waals surface area contributed by atoms with Crippen molar-refractivity contribution in [2.45, 2.75) is 46.1 Å². The zero-order valence-electron chi connectivity index (χ0n) is 9.72. The summed E-state index contributed by atoms with van der Waals surface area (Å²) in [5, 5.41) is 3.57. The molecule has 0 aromatic heterocycles. The highest BCUT2D eigenvalue weighted by Crippen LogP contribution is 2.32. The Balaban J connectivity index is 2.15. The van der Waals surface area contributed by atoms with Gasteiger partial charge in [0.05, 0.1) is 0 Å². The highest BCUT2D eigenvalue weighted by atomic mass is 14.9. The second-order valence-electron chi connectivity index (χ2n) is 4.36. The fourth-order valence-corrected chi connectivity index (χ4v) is 1.51. The number of hydrogen-bond donors (Lipinski definition) is 1. The van der Waals surface area contributed by atoms with Crippen molar-refractivity contribution in [1.82, 2.24) is 5.32 Å². The molecule has 0 bridgehead atoms. The van der Waals surface area contributed by atoms with Crippen LogP contribution >= 0.6 is 0 Å². The Kier molecular flexibility index (Phi) is 4.95. The van der Waals surface area contributed by atoms with E-state index in [1.165, 1.54) is 18.4 Å². The molecule has 1 saturated carbocycles. The Hall–Kier alpha value is -0.560. The lowest BCUT2D eigenvalue weighted by Gasteiger charge is -2.12. The number of hydrogen-bond acceptors (Lipinski definition) is 1. The highest BCUT2D eigenvalue weighted by Gasteiger charge is 2.27. The second-order valence-corrected chi connectivity index (χ2v) is 4.36. The molecule has 1 fully saturated rings. The van der Waals surface area contributed by atoms with Gasteiger partial charge in [-0.1, -0.05) is 30.7 Å². The van der Waals surface area contributed by atoms with Gasteiger partial charge in [0.15, 0.2) is 0 Å². The van der Waals surface area contributed by atoms with E-state index in [2.05, 4.69) is 44.3 Å². The van der Waals surface area contributed by atoms with Crippen molar-refractivity contribution in [2.24, 2.45) is 5.92 Å². The molecule has 0 saturated heterocycles. The predicted octanol–water partition coefficient (Wildman–Crippen LogP) is 3.29. The third-order valence-electron chi connectivity index (χ3n) is 2.78. The molecule has 0 aromatic rings. The van der Waals surface area contributed by atoms with Gasteiger partial charge < -0.3 is 5.32 Å². The lowest BCUT2D eigenvalue weighted by molar-refractivity contribution is 0.518. The largest absolute Gasteiger partial charge is 0.310 e. The van der Waals surface area contributed by atoms with Crippen molar-refractivity contribution in [3.63, 3.8) is 0 Å². The molecule has 1 atom stereocenters. The Morgan fingerprint density at radius 2 is 2.21 bits per heavy atom. The minimum Gasteiger partial charge on any atom is -0.310 e. The van der Waals surface area contributed by atoms with Crippen molar-refractivity contribution in [3.8, 4) is 0 Å². The maximum absolute atomic E-state index is 3.57. The van der Waals surface area contributed by atoms with Gasteiger partial charge >= 0.3 is 0 Å². The Morgan fingerprint density at radius 1 is 1.50 bits per heavy atom. The van der Waals surface area contributed by atoms with Crippen LogP contribution in [0.4, 0.5) is 0 Å². The van der Waals surface area contributed by atoms with Gasteiger partial charge in [-0.15, -0.1) is 0 Å². The fourth-order valence-electron chi connectivity index (χ4n) is 1.51. The van der Waals surface area contributed by atoms with Crippen molar-refractivity contribution in [2.75, 3.05) is 6.54 Å². The van der Waals surface area contributed by atoms with Crippen molar-refractivity contribution >= 4 is 0 Å². The van der Waals surface area contributed by atoms with E-state index < -0.39 is 0 Å². The van der Waals surface area contributed by atoms with E-state index in [-0.39, 0.29) is 0 Å². The maximum Gasteiger partial charge on any atom is 0.0167 e. The summed E-state index contributed by atoms with van der Waals surface area (Å²) in [7, 11) is 0. The smallest absolute Gasteiger partial charge is 0.0167 e. The van der Waals surface area contributed by atoms with E-state index in [1.54, 1.807) is 0 Å². The Morgan fingerprint density at radius 3 is 2.79 bits per heavy atom. The number of allylic oxidation sites excluding steroid dienone is 3. The van der Waals surface area contributed by atoms with Crippen LogP contribution in [0.1, 0.15) is 40.0 Å². The predicted molar refractivity (Wildman–Crippen MR) is 63.4 cm³/mol. The summed E-state index contributed by atoms with van der Waals surface area (Å²) >= 11 is 0. The quantitative estimate of drug-likeness (QED) is 0.638. The fraction of sp³-hybridized carbons (Fsp3) is 0.692. The molecule has 1 heteroatoms. The van der Waals surface area contributed by atoms with Gasteiger partial charge in [-0.05, 0) is 39.0 Å². The minimum absolute atomic E-state index is 0.702. The summed E-state index contributed by atoms with van der Waals surface area (Å²) in [5.74, 6) is 0.953. The van der Waals surface area contributed by atoms with Crippen LogP contribution in [-0.2, 0) is 0 Å². The van der Waals surface area contributed by atoms with E-state index >= 15 is 0 Å². The first-order valence-corrected chi connectivity index (χ1v) is 5.79. The van der Waals surface area contributed by atoms with Gasteiger partial charge in [-0.3, -0.25) is 0 Å². The standard InChI is InChI=1S/C13H23N/c1-4-5-6-7-11(2)10-14-12(3)13-8-9-13/h5-7,12-14H,4,8-10H2,1-3H3/b6-5-,11-7+. The topological polar surface area (TPSA) is 12.0 Å². The molecule has 0 amide bonds. The van der Waals surface area contributed by atoms with Crippen LogP contribution in [0.15, 0.2) is 23.8 Å². The molecule has 1 unspecified atom stereocenters. The summed E-state index contributed by atoms with van der Waals surface area (Å²) in [6.45, 7) is 7.68. The summed E-state index contributed by atoms with van der Waals surface area (Å²) < 4.78 is 0. The van der Waals surface area contributed by atoms with Crippen molar-refractivity contribution in [3.05, 3.63) is 23.8 Å². The monoisotopic (exact) mass is 193 g/mol. The zero-order chi connectivity index (χ0) is 10.4. The number of nitrogens with one attached hydrogen (secondary N) is 1. The van der Waals surface area contributed by atoms with E-state index in [9.17, 15) is 0 Å². The van der Waals surface area contributed by atoms with Crippen LogP contribution in [0.5, 0.6) is 0 Å². The third kappa shape index (κ3) is 4.61. The van der Waals surface area contributed by atoms with Crippen molar-refractivity contribution in [1.29, 1.82) is 0 Å². The summed E-state index contributed by atoms with van der Waals surface area (Å²) in [6, 6.07) is 0.702. The molecule has 1 N–H and O–H groups in total. The zero-order valence-corrected chi connectivity index (χ0v) is 9.72. The molecular weight excluding hydrogens is 170 g/mol. The van der Waals surface area contributed by atoms with Gasteiger partial charge in [0.25, 0.3) is 0 Å². The van der Waals surface area contributed by atoms with Gasteiger partial charge in [-0.25, -0.2) is 0 Å². The van der Waals surface area contributed by atoms with E-state index in [4.69, 9.17) is 0 Å². The van der Waals surface area contributed by atoms with Crippen molar-refractivity contribution < 1.29 is 0 Å². The molecule has 0 spiro atoms. The molecule has 0 heterocycles. The molecule has 0 aromatic carbocycles. The van der Waals surface area contributed by atoms with Gasteiger partial charge in [0.2, 0.25) is 0 Å². The molecular formula is C13H23N. The van der Waals surface area contributed by atoms with E-state index in [0.29, 0.717) is 6.04 Å². The van der Waals surface area contributed by atoms with E-state index in [0.717, 1.165) is 18.9 Å². The SMILES string of the molecule is CC/C=C\C=C(/C)CNC(C)C1CC1. The van der Waals surface area contributed by atoms with Gasteiger partial charge in [0.1, 0.15) is 0 Å². The van der Waals surface area contributed by atoms with Crippen LogP contribution in [0, 0.1) is 5.92 Å². The average Bonchev–Trinajstić information content (AvgIpc) is 2.98. The average molecular weight is 193 g/mol. The first kappa shape index (κ1) is 11.5. The first-order valence-electron chi connectivity index (χ1n) is 5.79. The van der Waals surface area contributed by atoms with Crippen LogP contribution < -0.4 is 5.32 Å². The molecule has 14 heavy (non-hydrogen) atoms.